The molecule has 1 fully saturated rings. The molecule has 1 saturated heterocycles. The molecule has 0 bridgehead atoms. The second kappa shape index (κ2) is 7.77. The van der Waals surface area contributed by atoms with Crippen molar-refractivity contribution >= 4 is 11.9 Å². The molecule has 0 saturated carbocycles. The minimum absolute atomic E-state index is 0.0865. The van der Waals surface area contributed by atoms with Crippen LogP contribution in [0.25, 0.3) is 0 Å². The number of likely N-dealkylation sites (tertiary alicyclic amines) is 1. The van der Waals surface area contributed by atoms with E-state index in [0.29, 0.717) is 19.0 Å². The summed E-state index contributed by atoms with van der Waals surface area (Å²) in [4.78, 5) is 25.3. The lowest BCUT2D eigenvalue weighted by atomic mass is 9.99. The molecule has 150 valence electrons. The summed E-state index contributed by atoms with van der Waals surface area (Å²) in [7, 11) is 0. The van der Waals surface area contributed by atoms with Gasteiger partial charge in [-0.1, -0.05) is 6.92 Å². The second-order valence-electron chi connectivity index (χ2n) is 6.43. The van der Waals surface area contributed by atoms with Crippen LogP contribution in [0, 0.1) is 5.92 Å². The molecule has 2 rings (SSSR count). The van der Waals surface area contributed by atoms with E-state index < -0.39 is 47.5 Å². The zero-order valence-corrected chi connectivity index (χ0v) is 14.3. The topological polar surface area (TPSA) is 46.6 Å². The van der Waals surface area contributed by atoms with Crippen LogP contribution in [0.1, 0.15) is 41.3 Å². The lowest BCUT2D eigenvalue weighted by Crippen LogP contribution is -2.40. The fraction of sp³-hybridized carbons (Fsp3) is 0.529. The minimum Gasteiger partial charge on any atom is -0.452 e. The van der Waals surface area contributed by atoms with Gasteiger partial charge < -0.3 is 9.64 Å². The summed E-state index contributed by atoms with van der Waals surface area (Å²) in [5, 5.41) is 0. The maximum Gasteiger partial charge on any atom is 0.416 e. The number of hydrogen-bond acceptors (Lipinski definition) is 3. The largest absolute Gasteiger partial charge is 0.452 e. The van der Waals surface area contributed by atoms with E-state index in [-0.39, 0.29) is 18.2 Å². The maximum absolute atomic E-state index is 12.8. The summed E-state index contributed by atoms with van der Waals surface area (Å²) in [6.07, 6.45) is -8.61. The number of rotatable bonds is 3. The average molecular weight is 397 g/mol. The predicted octanol–water partition coefficient (Wildman–Crippen LogP) is 4.14. The molecule has 1 aromatic rings. The Morgan fingerprint density at radius 3 is 1.93 bits per heavy atom. The molecule has 1 aliphatic rings. The Hall–Kier alpha value is -2.26. The molecule has 0 aromatic heterocycles. The van der Waals surface area contributed by atoms with Gasteiger partial charge >= 0.3 is 18.3 Å². The maximum atomic E-state index is 12.8. The summed E-state index contributed by atoms with van der Waals surface area (Å²) in [6.45, 7) is 2.19. The first kappa shape index (κ1) is 21.0. The quantitative estimate of drug-likeness (QED) is 0.569. The first-order chi connectivity index (χ1) is 12.4. The monoisotopic (exact) mass is 397 g/mol. The van der Waals surface area contributed by atoms with Gasteiger partial charge in [-0.3, -0.25) is 4.79 Å². The molecule has 0 aliphatic carbocycles. The Morgan fingerprint density at radius 2 is 1.48 bits per heavy atom. The van der Waals surface area contributed by atoms with E-state index in [1.54, 1.807) is 0 Å². The third-order valence-electron chi connectivity index (χ3n) is 4.29. The van der Waals surface area contributed by atoms with Gasteiger partial charge in [0.15, 0.2) is 6.61 Å². The first-order valence-electron chi connectivity index (χ1n) is 8.12. The van der Waals surface area contributed by atoms with Crippen LogP contribution in [0.3, 0.4) is 0 Å². The van der Waals surface area contributed by atoms with Crippen LogP contribution in [0.2, 0.25) is 0 Å². The van der Waals surface area contributed by atoms with E-state index in [1.165, 1.54) is 4.90 Å². The molecule has 0 N–H and O–H groups in total. The van der Waals surface area contributed by atoms with Gasteiger partial charge in [-0.15, -0.1) is 0 Å². The number of hydrogen-bond donors (Lipinski definition) is 0. The first-order valence-corrected chi connectivity index (χ1v) is 8.12. The van der Waals surface area contributed by atoms with Crippen LogP contribution in [0.15, 0.2) is 18.2 Å². The molecule has 27 heavy (non-hydrogen) atoms. The number of ether oxygens (including phenoxy) is 1. The number of benzene rings is 1. The number of carbonyl (C=O) groups excluding carboxylic acids is 2. The van der Waals surface area contributed by atoms with Crippen molar-refractivity contribution in [3.63, 3.8) is 0 Å². The van der Waals surface area contributed by atoms with Crippen molar-refractivity contribution in [3.05, 3.63) is 34.9 Å². The Labute approximate surface area is 151 Å². The Balaban J connectivity index is 2.12. The Bertz CT molecular complexity index is 673. The zero-order chi connectivity index (χ0) is 20.4. The molecule has 1 amide bonds. The van der Waals surface area contributed by atoms with Gasteiger partial charge in [-0.05, 0) is 37.0 Å². The molecular weight excluding hydrogens is 380 g/mol. The molecule has 10 heteroatoms. The molecule has 0 unspecified atom stereocenters. The van der Waals surface area contributed by atoms with Crippen molar-refractivity contribution in [2.45, 2.75) is 32.1 Å². The van der Waals surface area contributed by atoms with Crippen LogP contribution in [0.5, 0.6) is 0 Å². The van der Waals surface area contributed by atoms with Gasteiger partial charge in [0.05, 0.1) is 16.7 Å². The number of amides is 1. The number of halogens is 6. The van der Waals surface area contributed by atoms with Gasteiger partial charge in [0.1, 0.15) is 0 Å². The molecule has 0 radical (unpaired) electrons. The number of carbonyl (C=O) groups is 2. The van der Waals surface area contributed by atoms with Gasteiger partial charge in [0, 0.05) is 13.1 Å². The minimum atomic E-state index is -5.07. The zero-order valence-electron chi connectivity index (χ0n) is 14.3. The van der Waals surface area contributed by atoms with Crippen LogP contribution in [0.4, 0.5) is 26.3 Å². The second-order valence-corrected chi connectivity index (χ2v) is 6.43. The van der Waals surface area contributed by atoms with Gasteiger partial charge in [0.2, 0.25) is 0 Å². The standard InChI is InChI=1S/C17H17F6NO3/c1-10-2-4-24(5-3-10)14(25)9-27-15(26)11-6-12(16(18,19)20)8-13(7-11)17(21,22)23/h6-8,10H,2-5,9H2,1H3. The van der Waals surface area contributed by atoms with Crippen molar-refractivity contribution in [3.8, 4) is 0 Å². The predicted molar refractivity (Wildman–Crippen MR) is 81.7 cm³/mol. The normalized spacial score (nSPS) is 16.3. The Morgan fingerprint density at radius 1 is 1.00 bits per heavy atom. The molecule has 1 heterocycles. The third kappa shape index (κ3) is 5.61. The fourth-order valence-electron chi connectivity index (χ4n) is 2.63. The van der Waals surface area contributed by atoms with E-state index in [2.05, 4.69) is 4.74 Å². The highest BCUT2D eigenvalue weighted by molar-refractivity contribution is 5.91. The summed E-state index contributed by atoms with van der Waals surface area (Å²) < 4.78 is 81.5. The van der Waals surface area contributed by atoms with Crippen molar-refractivity contribution in [2.75, 3.05) is 19.7 Å². The highest BCUT2D eigenvalue weighted by Crippen LogP contribution is 2.36. The number of esters is 1. The summed E-state index contributed by atoms with van der Waals surface area (Å²) in [5.41, 5.74) is -4.17. The van der Waals surface area contributed by atoms with E-state index in [4.69, 9.17) is 0 Å². The van der Waals surface area contributed by atoms with Crippen molar-refractivity contribution < 1.29 is 40.7 Å². The van der Waals surface area contributed by atoms with E-state index in [9.17, 15) is 35.9 Å². The summed E-state index contributed by atoms with van der Waals surface area (Å²) in [5.74, 6) is -1.52. The average Bonchev–Trinajstić information content (AvgIpc) is 2.58. The summed E-state index contributed by atoms with van der Waals surface area (Å²) in [6, 6.07) is 0.450. The van der Waals surface area contributed by atoms with Crippen molar-refractivity contribution in [2.24, 2.45) is 5.92 Å². The van der Waals surface area contributed by atoms with E-state index in [0.717, 1.165) is 12.8 Å². The SMILES string of the molecule is CC1CCN(C(=O)COC(=O)c2cc(C(F)(F)F)cc(C(F)(F)F)c2)CC1. The molecule has 1 aromatic carbocycles. The molecule has 0 spiro atoms. The van der Waals surface area contributed by atoms with Crippen molar-refractivity contribution in [1.29, 1.82) is 0 Å². The summed E-state index contributed by atoms with van der Waals surface area (Å²) >= 11 is 0. The van der Waals surface area contributed by atoms with Crippen LogP contribution < -0.4 is 0 Å². The lowest BCUT2D eigenvalue weighted by molar-refractivity contribution is -0.143. The molecule has 1 aliphatic heterocycles. The molecule has 0 atom stereocenters. The number of alkyl halides is 6. The van der Waals surface area contributed by atoms with Crippen LogP contribution in [-0.2, 0) is 21.9 Å². The molecular formula is C17H17F6NO3. The lowest BCUT2D eigenvalue weighted by Gasteiger charge is -2.30. The van der Waals surface area contributed by atoms with Gasteiger partial charge in [-0.25, -0.2) is 4.79 Å². The highest BCUT2D eigenvalue weighted by atomic mass is 19.4. The fourth-order valence-corrected chi connectivity index (χ4v) is 2.63. The van der Waals surface area contributed by atoms with Crippen LogP contribution >= 0.6 is 0 Å². The highest BCUT2D eigenvalue weighted by Gasteiger charge is 2.37. The number of nitrogens with zero attached hydrogens (tertiary/aromatic N) is 1. The van der Waals surface area contributed by atoms with E-state index in [1.807, 2.05) is 6.92 Å². The van der Waals surface area contributed by atoms with Crippen molar-refractivity contribution in [1.82, 2.24) is 4.90 Å². The van der Waals surface area contributed by atoms with Gasteiger partial charge in [0.25, 0.3) is 5.91 Å². The smallest absolute Gasteiger partial charge is 0.416 e. The van der Waals surface area contributed by atoms with E-state index >= 15 is 0 Å². The molecule has 4 nitrogen and oxygen atoms in total. The Kier molecular flexibility index (Phi) is 6.06. The number of piperidine rings is 1. The van der Waals surface area contributed by atoms with Crippen LogP contribution in [-0.4, -0.2) is 36.5 Å². The third-order valence-corrected chi connectivity index (χ3v) is 4.29. The van der Waals surface area contributed by atoms with Gasteiger partial charge in [-0.2, -0.15) is 26.3 Å².